The summed E-state index contributed by atoms with van der Waals surface area (Å²) < 4.78 is 12.2. The highest BCUT2D eigenvalue weighted by atomic mass is 35.5. The van der Waals surface area contributed by atoms with Gasteiger partial charge in [0.2, 0.25) is 0 Å². The molecule has 0 spiro atoms. The maximum Gasteiger partial charge on any atom is 0.341 e. The molecule has 168 valence electrons. The second kappa shape index (κ2) is 10.3. The second-order valence-corrected chi connectivity index (χ2v) is 8.14. The quantitative estimate of drug-likeness (QED) is 0.451. The number of carbonyl (C=O) groups excluding carboxylic acids is 3. The van der Waals surface area contributed by atoms with Crippen LogP contribution in [0.25, 0.3) is 0 Å². The monoisotopic (exact) mass is 476 g/mol. The Bertz CT molecular complexity index is 1140. The Kier molecular flexibility index (Phi) is 7.49. The Morgan fingerprint density at radius 3 is 2.59 bits per heavy atom. The van der Waals surface area contributed by atoms with Crippen molar-refractivity contribution < 1.29 is 23.9 Å². The maximum absolute atomic E-state index is 12.7. The Morgan fingerprint density at radius 1 is 1.22 bits per heavy atom. The number of primary amides is 1. The van der Waals surface area contributed by atoms with Crippen molar-refractivity contribution in [2.45, 2.75) is 27.0 Å². The lowest BCUT2D eigenvalue weighted by Crippen LogP contribution is -2.16. The maximum atomic E-state index is 12.7. The first-order chi connectivity index (χ1) is 15.3. The molecule has 3 aromatic rings. The fourth-order valence-corrected chi connectivity index (χ4v) is 3.91. The van der Waals surface area contributed by atoms with E-state index in [2.05, 4.69) is 10.4 Å². The van der Waals surface area contributed by atoms with Gasteiger partial charge in [0.15, 0.2) is 12.4 Å². The van der Waals surface area contributed by atoms with Gasteiger partial charge in [0.25, 0.3) is 11.8 Å². The van der Waals surface area contributed by atoms with Crippen molar-refractivity contribution in [3.63, 3.8) is 0 Å². The topological polar surface area (TPSA) is 126 Å². The molecule has 11 heteroatoms. The van der Waals surface area contributed by atoms with Crippen LogP contribution in [0, 0.1) is 6.92 Å². The Hall–Kier alpha value is -3.37. The van der Waals surface area contributed by atoms with Gasteiger partial charge in [0.1, 0.15) is 10.8 Å². The first-order valence-corrected chi connectivity index (χ1v) is 10.8. The third kappa shape index (κ3) is 5.45. The van der Waals surface area contributed by atoms with Gasteiger partial charge in [-0.2, -0.15) is 5.10 Å². The second-order valence-electron chi connectivity index (χ2n) is 6.68. The zero-order valence-corrected chi connectivity index (χ0v) is 19.0. The smallest absolute Gasteiger partial charge is 0.341 e. The predicted octanol–water partition coefficient (Wildman–Crippen LogP) is 3.86. The summed E-state index contributed by atoms with van der Waals surface area (Å²) in [6.45, 7) is 3.73. The number of thiophene rings is 1. The lowest BCUT2D eigenvalue weighted by Gasteiger charge is -2.07. The summed E-state index contributed by atoms with van der Waals surface area (Å²) in [6, 6.07) is 8.34. The minimum absolute atomic E-state index is 0.0768. The van der Waals surface area contributed by atoms with Crippen molar-refractivity contribution in [1.29, 1.82) is 0 Å². The molecule has 0 aliphatic carbocycles. The van der Waals surface area contributed by atoms with E-state index in [4.69, 9.17) is 26.8 Å². The molecule has 1 aromatic carbocycles. The van der Waals surface area contributed by atoms with Gasteiger partial charge in [0.05, 0.1) is 17.0 Å². The average Bonchev–Trinajstić information content (AvgIpc) is 3.36. The van der Waals surface area contributed by atoms with E-state index in [1.54, 1.807) is 37.4 Å². The van der Waals surface area contributed by atoms with Crippen LogP contribution in [0.1, 0.15) is 49.4 Å². The number of anilines is 1. The molecule has 0 aliphatic rings. The SMILES string of the molecule is CCCOC(=O)c1c(NC(=O)c2ccn(COc3ccc(Cl)cc3)n2)sc(C(N)=O)c1C. The van der Waals surface area contributed by atoms with Gasteiger partial charge >= 0.3 is 5.97 Å². The van der Waals surface area contributed by atoms with E-state index in [0.29, 0.717) is 22.8 Å². The summed E-state index contributed by atoms with van der Waals surface area (Å²) in [6.07, 6.45) is 2.21. The van der Waals surface area contributed by atoms with Crippen LogP contribution in [0.4, 0.5) is 5.00 Å². The molecule has 0 atom stereocenters. The number of amides is 2. The molecule has 9 nitrogen and oxygen atoms in total. The van der Waals surface area contributed by atoms with Crippen molar-refractivity contribution in [3.8, 4) is 5.75 Å². The van der Waals surface area contributed by atoms with Crippen molar-refractivity contribution in [3.05, 3.63) is 63.2 Å². The van der Waals surface area contributed by atoms with E-state index in [1.807, 2.05) is 6.92 Å². The fourth-order valence-electron chi connectivity index (χ4n) is 2.74. The van der Waals surface area contributed by atoms with E-state index in [9.17, 15) is 14.4 Å². The minimum atomic E-state index is -0.693. The molecule has 0 saturated heterocycles. The molecule has 3 rings (SSSR count). The summed E-state index contributed by atoms with van der Waals surface area (Å²) in [5.41, 5.74) is 5.97. The van der Waals surface area contributed by atoms with Crippen LogP contribution in [0.2, 0.25) is 5.02 Å². The zero-order valence-electron chi connectivity index (χ0n) is 17.4. The molecule has 2 heterocycles. The lowest BCUT2D eigenvalue weighted by molar-refractivity contribution is 0.0506. The van der Waals surface area contributed by atoms with E-state index < -0.39 is 17.8 Å². The van der Waals surface area contributed by atoms with Gasteiger partial charge in [-0.25, -0.2) is 9.48 Å². The van der Waals surface area contributed by atoms with Gasteiger partial charge in [0, 0.05) is 11.2 Å². The lowest BCUT2D eigenvalue weighted by atomic mass is 10.1. The molecule has 32 heavy (non-hydrogen) atoms. The van der Waals surface area contributed by atoms with Crippen molar-refractivity contribution in [2.24, 2.45) is 5.73 Å². The highest BCUT2D eigenvalue weighted by Crippen LogP contribution is 2.33. The van der Waals surface area contributed by atoms with Crippen LogP contribution < -0.4 is 15.8 Å². The van der Waals surface area contributed by atoms with Crippen LogP contribution in [0.3, 0.4) is 0 Å². The number of aromatic nitrogens is 2. The van der Waals surface area contributed by atoms with Crippen LogP contribution >= 0.6 is 22.9 Å². The highest BCUT2D eigenvalue weighted by molar-refractivity contribution is 7.18. The average molecular weight is 477 g/mol. The third-order valence-corrected chi connectivity index (χ3v) is 5.76. The molecule has 0 saturated carbocycles. The molecule has 0 aliphatic heterocycles. The highest BCUT2D eigenvalue weighted by Gasteiger charge is 2.26. The van der Waals surface area contributed by atoms with Gasteiger partial charge in [-0.05, 0) is 49.2 Å². The van der Waals surface area contributed by atoms with Crippen LogP contribution in [-0.4, -0.2) is 34.2 Å². The first-order valence-electron chi connectivity index (χ1n) is 9.63. The standard InChI is InChI=1S/C21H21ClN4O5S/c1-3-10-30-21(29)16-12(2)17(18(23)27)32-20(16)24-19(28)15-8-9-26(25-15)11-31-14-6-4-13(22)5-7-14/h4-9H,3,10-11H2,1-2H3,(H2,23,27)(H,24,28). The van der Waals surface area contributed by atoms with Crippen LogP contribution in [0.15, 0.2) is 36.5 Å². The molecule has 3 N–H and O–H groups in total. The number of halogens is 1. The van der Waals surface area contributed by atoms with E-state index in [1.165, 1.54) is 10.7 Å². The van der Waals surface area contributed by atoms with E-state index >= 15 is 0 Å². The molecule has 0 unspecified atom stereocenters. The molecule has 0 bridgehead atoms. The Balaban J connectivity index is 1.74. The molecule has 0 radical (unpaired) electrons. The van der Waals surface area contributed by atoms with Crippen molar-refractivity contribution in [2.75, 3.05) is 11.9 Å². The predicted molar refractivity (Wildman–Crippen MR) is 120 cm³/mol. The number of hydrogen-bond donors (Lipinski definition) is 2. The number of hydrogen-bond acceptors (Lipinski definition) is 7. The Morgan fingerprint density at radius 2 is 1.94 bits per heavy atom. The van der Waals surface area contributed by atoms with Gasteiger partial charge in [-0.3, -0.25) is 9.59 Å². The van der Waals surface area contributed by atoms with Crippen molar-refractivity contribution in [1.82, 2.24) is 9.78 Å². The molecule has 2 amide bonds. The number of ether oxygens (including phenoxy) is 2. The summed E-state index contributed by atoms with van der Waals surface area (Å²) >= 11 is 6.76. The summed E-state index contributed by atoms with van der Waals surface area (Å²) in [7, 11) is 0. The van der Waals surface area contributed by atoms with E-state index in [0.717, 1.165) is 11.3 Å². The summed E-state index contributed by atoms with van der Waals surface area (Å²) in [4.78, 5) is 37.1. The Labute approximate surface area is 193 Å². The molecular formula is C21H21ClN4O5S. The van der Waals surface area contributed by atoms with Crippen LogP contribution in [0.5, 0.6) is 5.75 Å². The number of rotatable bonds is 9. The largest absolute Gasteiger partial charge is 0.471 e. The summed E-state index contributed by atoms with van der Waals surface area (Å²) in [5.74, 6) is -1.29. The van der Waals surface area contributed by atoms with Gasteiger partial charge in [-0.1, -0.05) is 18.5 Å². The number of carbonyl (C=O) groups is 3. The molecule has 0 fully saturated rings. The number of nitrogens with two attached hydrogens (primary N) is 1. The molecular weight excluding hydrogens is 456 g/mol. The molecule has 2 aromatic heterocycles. The number of nitrogens with zero attached hydrogens (tertiary/aromatic N) is 2. The van der Waals surface area contributed by atoms with Crippen molar-refractivity contribution >= 4 is 45.7 Å². The normalized spacial score (nSPS) is 10.6. The van der Waals surface area contributed by atoms with Crippen LogP contribution in [-0.2, 0) is 11.5 Å². The summed E-state index contributed by atoms with van der Waals surface area (Å²) in [5, 5.41) is 7.58. The van der Waals surface area contributed by atoms with Gasteiger partial charge < -0.3 is 20.5 Å². The number of benzene rings is 1. The number of nitrogens with one attached hydrogen (secondary N) is 1. The fraction of sp³-hybridized carbons (Fsp3) is 0.238. The van der Waals surface area contributed by atoms with E-state index in [-0.39, 0.29) is 34.5 Å². The zero-order chi connectivity index (χ0) is 23.3. The third-order valence-electron chi connectivity index (χ3n) is 4.29. The number of esters is 1. The van der Waals surface area contributed by atoms with Gasteiger partial charge in [-0.15, -0.1) is 11.3 Å². The minimum Gasteiger partial charge on any atom is -0.471 e. The first kappa shape index (κ1) is 23.3.